The van der Waals surface area contributed by atoms with Crippen LogP contribution in [0, 0.1) is 6.92 Å². The Bertz CT molecular complexity index is 580. The predicted octanol–water partition coefficient (Wildman–Crippen LogP) is 4.24. The molecule has 1 heterocycles. The van der Waals surface area contributed by atoms with E-state index in [4.69, 9.17) is 4.74 Å². The van der Waals surface area contributed by atoms with Gasteiger partial charge in [0, 0.05) is 17.4 Å². The predicted molar refractivity (Wildman–Crippen MR) is 84.0 cm³/mol. The fourth-order valence-corrected chi connectivity index (χ4v) is 2.60. The Kier molecular flexibility index (Phi) is 4.34. The molecule has 1 aliphatic carbocycles. The molecule has 0 saturated heterocycles. The molecular weight excluding hydrogens is 262 g/mol. The number of aromatic nitrogens is 2. The van der Waals surface area contributed by atoms with Gasteiger partial charge in [-0.2, -0.15) is 4.98 Å². The monoisotopic (exact) mass is 283 g/mol. The summed E-state index contributed by atoms with van der Waals surface area (Å²) in [6, 6.07) is 9.93. The molecule has 4 nitrogen and oxygen atoms in total. The summed E-state index contributed by atoms with van der Waals surface area (Å²) in [6.07, 6.45) is 8.21. The first-order valence-electron chi connectivity index (χ1n) is 7.63. The average molecular weight is 283 g/mol. The lowest BCUT2D eigenvalue weighted by Crippen LogP contribution is -2.21. The van der Waals surface area contributed by atoms with Gasteiger partial charge in [-0.1, -0.05) is 24.6 Å². The van der Waals surface area contributed by atoms with E-state index in [2.05, 4.69) is 15.3 Å². The van der Waals surface area contributed by atoms with E-state index < -0.39 is 0 Å². The third-order valence-corrected chi connectivity index (χ3v) is 3.79. The van der Waals surface area contributed by atoms with Crippen LogP contribution in [0.2, 0.25) is 0 Å². The second-order valence-electron chi connectivity index (χ2n) is 5.55. The standard InChI is InChI=1S/C17H21N3O/c1-13-12-18-17(19-14-8-4-2-5-9-14)20-16(13)21-15-10-6-3-7-11-15/h2,4-5,8-9,12,15H,3,6-7,10-11H2,1H3,(H,18,19,20). The Hall–Kier alpha value is -2.10. The van der Waals surface area contributed by atoms with Gasteiger partial charge >= 0.3 is 0 Å². The van der Waals surface area contributed by atoms with Crippen molar-refractivity contribution in [2.24, 2.45) is 0 Å². The van der Waals surface area contributed by atoms with E-state index >= 15 is 0 Å². The quantitative estimate of drug-likeness (QED) is 0.911. The van der Waals surface area contributed by atoms with Crippen LogP contribution in [0.1, 0.15) is 37.7 Å². The Labute approximate surface area is 125 Å². The van der Waals surface area contributed by atoms with Crippen molar-refractivity contribution in [1.29, 1.82) is 0 Å². The maximum atomic E-state index is 6.07. The molecule has 1 aromatic heterocycles. The molecule has 21 heavy (non-hydrogen) atoms. The van der Waals surface area contributed by atoms with E-state index in [1.807, 2.05) is 43.5 Å². The Balaban J connectivity index is 1.73. The van der Waals surface area contributed by atoms with Crippen molar-refractivity contribution in [1.82, 2.24) is 9.97 Å². The molecule has 0 unspecified atom stereocenters. The van der Waals surface area contributed by atoms with Gasteiger partial charge in [-0.15, -0.1) is 0 Å². The number of rotatable bonds is 4. The van der Waals surface area contributed by atoms with Crippen LogP contribution in [0.15, 0.2) is 36.5 Å². The number of para-hydroxylation sites is 1. The summed E-state index contributed by atoms with van der Waals surface area (Å²) in [5.74, 6) is 1.29. The zero-order valence-corrected chi connectivity index (χ0v) is 12.4. The largest absolute Gasteiger partial charge is 0.474 e. The first-order valence-corrected chi connectivity index (χ1v) is 7.63. The lowest BCUT2D eigenvalue weighted by molar-refractivity contribution is 0.147. The maximum Gasteiger partial charge on any atom is 0.230 e. The Morgan fingerprint density at radius 3 is 2.62 bits per heavy atom. The highest BCUT2D eigenvalue weighted by molar-refractivity contribution is 5.53. The minimum atomic E-state index is 0.303. The number of ether oxygens (including phenoxy) is 1. The average Bonchev–Trinajstić information content (AvgIpc) is 2.53. The third-order valence-electron chi connectivity index (χ3n) is 3.79. The SMILES string of the molecule is Cc1cnc(Nc2ccccc2)nc1OC1CCCCC1. The van der Waals surface area contributed by atoms with E-state index in [0.717, 1.165) is 24.1 Å². The van der Waals surface area contributed by atoms with Gasteiger partial charge in [0.2, 0.25) is 11.8 Å². The van der Waals surface area contributed by atoms with Gasteiger partial charge in [0.1, 0.15) is 6.10 Å². The fourth-order valence-electron chi connectivity index (χ4n) is 2.60. The first-order chi connectivity index (χ1) is 10.3. The van der Waals surface area contributed by atoms with E-state index in [9.17, 15) is 0 Å². The van der Waals surface area contributed by atoms with Crippen LogP contribution < -0.4 is 10.1 Å². The molecule has 0 aliphatic heterocycles. The van der Waals surface area contributed by atoms with Crippen LogP contribution in [0.3, 0.4) is 0 Å². The van der Waals surface area contributed by atoms with Crippen LogP contribution in [-0.2, 0) is 0 Å². The third kappa shape index (κ3) is 3.72. The number of anilines is 2. The summed E-state index contributed by atoms with van der Waals surface area (Å²) in [5.41, 5.74) is 1.96. The minimum absolute atomic E-state index is 0.303. The number of nitrogens with one attached hydrogen (secondary N) is 1. The second kappa shape index (κ2) is 6.57. The van der Waals surface area contributed by atoms with Crippen LogP contribution >= 0.6 is 0 Å². The number of hydrogen-bond donors (Lipinski definition) is 1. The second-order valence-corrected chi connectivity index (χ2v) is 5.55. The molecule has 1 aromatic carbocycles. The highest BCUT2D eigenvalue weighted by Crippen LogP contribution is 2.25. The summed E-state index contributed by atoms with van der Waals surface area (Å²) in [4.78, 5) is 8.84. The molecule has 0 radical (unpaired) electrons. The molecule has 0 amide bonds. The summed E-state index contributed by atoms with van der Waals surface area (Å²) < 4.78 is 6.07. The van der Waals surface area contributed by atoms with Crippen molar-refractivity contribution >= 4 is 11.6 Å². The van der Waals surface area contributed by atoms with Gasteiger partial charge in [-0.05, 0) is 44.7 Å². The zero-order chi connectivity index (χ0) is 14.5. The highest BCUT2D eigenvalue weighted by atomic mass is 16.5. The van der Waals surface area contributed by atoms with E-state index in [1.165, 1.54) is 19.3 Å². The molecular formula is C17H21N3O. The summed E-state index contributed by atoms with van der Waals surface area (Å²) in [5, 5.41) is 3.21. The van der Waals surface area contributed by atoms with Crippen molar-refractivity contribution < 1.29 is 4.74 Å². The van der Waals surface area contributed by atoms with Crippen LogP contribution in [-0.4, -0.2) is 16.1 Å². The van der Waals surface area contributed by atoms with Gasteiger partial charge < -0.3 is 10.1 Å². The molecule has 0 bridgehead atoms. The molecule has 4 heteroatoms. The van der Waals surface area contributed by atoms with Crippen LogP contribution in [0.5, 0.6) is 5.88 Å². The van der Waals surface area contributed by atoms with Crippen molar-refractivity contribution in [3.8, 4) is 5.88 Å². The van der Waals surface area contributed by atoms with Crippen LogP contribution in [0.4, 0.5) is 11.6 Å². The molecule has 3 rings (SSSR count). The number of aryl methyl sites for hydroxylation is 1. The summed E-state index contributed by atoms with van der Waals surface area (Å²) >= 11 is 0. The lowest BCUT2D eigenvalue weighted by Gasteiger charge is -2.23. The van der Waals surface area contributed by atoms with Crippen LogP contribution in [0.25, 0.3) is 0 Å². The molecule has 1 N–H and O–H groups in total. The first kappa shape index (κ1) is 13.9. The Morgan fingerprint density at radius 1 is 1.10 bits per heavy atom. The van der Waals surface area contributed by atoms with E-state index in [1.54, 1.807) is 0 Å². The molecule has 1 aliphatic rings. The van der Waals surface area contributed by atoms with Gasteiger partial charge in [-0.25, -0.2) is 4.98 Å². The minimum Gasteiger partial charge on any atom is -0.474 e. The van der Waals surface area contributed by atoms with Gasteiger partial charge in [0.15, 0.2) is 0 Å². The lowest BCUT2D eigenvalue weighted by atomic mass is 9.98. The topological polar surface area (TPSA) is 47.0 Å². The smallest absolute Gasteiger partial charge is 0.230 e. The highest BCUT2D eigenvalue weighted by Gasteiger charge is 2.17. The van der Waals surface area contributed by atoms with Crippen molar-refractivity contribution in [3.05, 3.63) is 42.1 Å². The van der Waals surface area contributed by atoms with Gasteiger partial charge in [-0.3, -0.25) is 0 Å². The van der Waals surface area contributed by atoms with E-state index in [0.29, 0.717) is 17.9 Å². The number of benzene rings is 1. The maximum absolute atomic E-state index is 6.07. The number of hydrogen-bond acceptors (Lipinski definition) is 4. The summed E-state index contributed by atoms with van der Waals surface area (Å²) in [7, 11) is 0. The normalized spacial score (nSPS) is 15.7. The molecule has 1 fully saturated rings. The molecule has 0 atom stereocenters. The van der Waals surface area contributed by atoms with Crippen molar-refractivity contribution in [3.63, 3.8) is 0 Å². The van der Waals surface area contributed by atoms with Gasteiger partial charge in [0.25, 0.3) is 0 Å². The van der Waals surface area contributed by atoms with Crippen molar-refractivity contribution in [2.75, 3.05) is 5.32 Å². The molecule has 1 saturated carbocycles. The molecule has 2 aromatic rings. The molecule has 110 valence electrons. The van der Waals surface area contributed by atoms with Gasteiger partial charge in [0.05, 0.1) is 0 Å². The van der Waals surface area contributed by atoms with E-state index in [-0.39, 0.29) is 0 Å². The fraction of sp³-hybridized carbons (Fsp3) is 0.412. The summed E-state index contributed by atoms with van der Waals surface area (Å²) in [6.45, 7) is 1.99. The number of nitrogens with zero attached hydrogens (tertiary/aromatic N) is 2. The Morgan fingerprint density at radius 2 is 1.86 bits per heavy atom. The zero-order valence-electron chi connectivity index (χ0n) is 12.4. The van der Waals surface area contributed by atoms with Crippen molar-refractivity contribution in [2.45, 2.75) is 45.1 Å². The molecule has 0 spiro atoms.